The number of para-hydroxylation sites is 4. The molecular formula is C26H28N2O4Si. The number of hydrogen-bond donors (Lipinski definition) is 0. The van der Waals surface area contributed by atoms with E-state index in [1.54, 1.807) is 26.6 Å². The number of aliphatic imine (C=N–C) groups is 2. The van der Waals surface area contributed by atoms with Gasteiger partial charge in [-0.2, -0.15) is 0 Å². The summed E-state index contributed by atoms with van der Waals surface area (Å²) in [5.74, 6) is 2.52. The Labute approximate surface area is 195 Å². The van der Waals surface area contributed by atoms with E-state index in [0.29, 0.717) is 23.0 Å². The summed E-state index contributed by atoms with van der Waals surface area (Å²) in [5.41, 5.74) is 3.12. The Kier molecular flexibility index (Phi) is 6.79. The third kappa shape index (κ3) is 4.93. The van der Waals surface area contributed by atoms with Gasteiger partial charge in [0.25, 0.3) is 0 Å². The zero-order chi connectivity index (χ0) is 23.3. The molecule has 0 amide bonds. The topological polar surface area (TPSA) is 61.6 Å². The maximum Gasteiger partial charge on any atom is 0.457 e. The van der Waals surface area contributed by atoms with Crippen molar-refractivity contribution >= 4 is 32.4 Å². The summed E-state index contributed by atoms with van der Waals surface area (Å²) >= 11 is 0. The van der Waals surface area contributed by atoms with Gasteiger partial charge in [0.05, 0.1) is 25.6 Å². The number of fused-ring (bicyclic) bond motifs is 3. The molecule has 0 aromatic heterocycles. The van der Waals surface area contributed by atoms with Crippen LogP contribution in [0.2, 0.25) is 12.6 Å². The first-order valence-electron chi connectivity index (χ1n) is 11.0. The van der Waals surface area contributed by atoms with Gasteiger partial charge < -0.3 is 18.3 Å². The van der Waals surface area contributed by atoms with Gasteiger partial charge in [0.1, 0.15) is 0 Å². The molecule has 6 nitrogen and oxygen atoms in total. The third-order valence-electron chi connectivity index (χ3n) is 5.37. The minimum atomic E-state index is -2.79. The van der Waals surface area contributed by atoms with Crippen molar-refractivity contribution in [1.29, 1.82) is 0 Å². The van der Waals surface area contributed by atoms with Crippen LogP contribution in [0.3, 0.4) is 0 Å². The van der Waals surface area contributed by atoms with Gasteiger partial charge in [-0.3, -0.25) is 9.98 Å². The Bertz CT molecular complexity index is 1110. The number of benzene rings is 3. The maximum atomic E-state index is 6.70. The van der Waals surface area contributed by atoms with Crippen LogP contribution in [0.1, 0.15) is 24.5 Å². The Morgan fingerprint density at radius 3 is 1.64 bits per heavy atom. The Hall–Kier alpha value is -3.58. The van der Waals surface area contributed by atoms with Crippen LogP contribution in [0.4, 0.5) is 11.4 Å². The average Bonchev–Trinajstić information content (AvgIpc) is 2.83. The summed E-state index contributed by atoms with van der Waals surface area (Å²) in [6.45, 7) is 4.18. The molecule has 0 radical (unpaired) electrons. The van der Waals surface area contributed by atoms with Crippen LogP contribution in [0.5, 0.6) is 23.0 Å². The van der Waals surface area contributed by atoms with E-state index in [4.69, 9.17) is 28.3 Å². The Morgan fingerprint density at radius 1 is 0.727 bits per heavy atom. The molecule has 0 saturated heterocycles. The second kappa shape index (κ2) is 9.91. The monoisotopic (exact) mass is 460 g/mol. The van der Waals surface area contributed by atoms with Gasteiger partial charge in [-0.1, -0.05) is 37.6 Å². The van der Waals surface area contributed by atoms with Crippen LogP contribution >= 0.6 is 0 Å². The minimum Gasteiger partial charge on any atom is -0.508 e. The SMILES string of the molecule is CCC[Si]1(C)Oc2c(cccc2OC)C=Nc2ccccc2N=Cc2cccc(OC)c2O1. The molecule has 0 N–H and O–H groups in total. The Morgan fingerprint density at radius 2 is 1.21 bits per heavy atom. The van der Waals surface area contributed by atoms with Crippen molar-refractivity contribution in [3.05, 3.63) is 71.8 Å². The molecule has 1 aliphatic rings. The molecular weight excluding hydrogens is 432 g/mol. The predicted octanol–water partition coefficient (Wildman–Crippen LogP) is 6.46. The normalized spacial score (nSPS) is 17.1. The number of hydrogen-bond acceptors (Lipinski definition) is 6. The molecule has 0 spiro atoms. The molecule has 7 heteroatoms. The van der Waals surface area contributed by atoms with Gasteiger partial charge in [0.2, 0.25) is 0 Å². The van der Waals surface area contributed by atoms with Crippen molar-refractivity contribution < 1.29 is 18.3 Å². The lowest BCUT2D eigenvalue weighted by molar-refractivity contribution is 0.339. The van der Waals surface area contributed by atoms with E-state index < -0.39 is 8.56 Å². The predicted molar refractivity (Wildman–Crippen MR) is 135 cm³/mol. The summed E-state index contributed by atoms with van der Waals surface area (Å²) in [7, 11) is 0.484. The zero-order valence-corrected chi connectivity index (χ0v) is 20.4. The molecule has 1 heterocycles. The second-order valence-corrected chi connectivity index (χ2v) is 11.0. The van der Waals surface area contributed by atoms with Crippen LogP contribution in [-0.2, 0) is 0 Å². The van der Waals surface area contributed by atoms with Gasteiger partial charge in [-0.05, 0) is 36.4 Å². The van der Waals surface area contributed by atoms with E-state index in [9.17, 15) is 0 Å². The minimum absolute atomic E-state index is 0.625. The average molecular weight is 461 g/mol. The first-order chi connectivity index (χ1) is 16.1. The molecule has 0 fully saturated rings. The van der Waals surface area contributed by atoms with Crippen LogP contribution < -0.4 is 18.3 Å². The van der Waals surface area contributed by atoms with Crippen LogP contribution in [0, 0.1) is 0 Å². The van der Waals surface area contributed by atoms with Crippen molar-refractivity contribution in [2.45, 2.75) is 25.9 Å². The molecule has 3 aromatic carbocycles. The van der Waals surface area contributed by atoms with Crippen molar-refractivity contribution in [3.63, 3.8) is 0 Å². The van der Waals surface area contributed by atoms with Crippen LogP contribution in [0.15, 0.2) is 70.6 Å². The summed E-state index contributed by atoms with van der Waals surface area (Å²) in [4.78, 5) is 9.45. The lowest BCUT2D eigenvalue weighted by atomic mass is 10.2. The number of rotatable bonds is 4. The highest BCUT2D eigenvalue weighted by Gasteiger charge is 2.38. The lowest BCUT2D eigenvalue weighted by Crippen LogP contribution is -2.45. The van der Waals surface area contributed by atoms with Gasteiger partial charge in [-0.25, -0.2) is 0 Å². The van der Waals surface area contributed by atoms with E-state index in [2.05, 4.69) is 13.5 Å². The Balaban J connectivity index is 1.97. The number of ether oxygens (including phenoxy) is 2. The van der Waals surface area contributed by atoms with Crippen LogP contribution in [0.25, 0.3) is 0 Å². The fourth-order valence-corrected chi connectivity index (χ4v) is 6.23. The highest BCUT2D eigenvalue weighted by atomic mass is 28.4. The third-order valence-corrected chi connectivity index (χ3v) is 8.05. The molecule has 0 atom stereocenters. The van der Waals surface area contributed by atoms with Gasteiger partial charge in [-0.15, -0.1) is 0 Å². The second-order valence-electron chi connectivity index (χ2n) is 7.85. The van der Waals surface area contributed by atoms with E-state index in [1.165, 1.54) is 0 Å². The summed E-state index contributed by atoms with van der Waals surface area (Å²) < 4.78 is 24.7. The summed E-state index contributed by atoms with van der Waals surface area (Å²) in [6, 6.07) is 20.1. The fraction of sp³-hybridized carbons (Fsp3) is 0.231. The van der Waals surface area contributed by atoms with Crippen molar-refractivity contribution in [2.75, 3.05) is 14.2 Å². The summed E-state index contributed by atoms with van der Waals surface area (Å²) in [6.07, 6.45) is 4.49. The molecule has 0 unspecified atom stereocenters. The number of methoxy groups -OCH3 is 2. The van der Waals surface area contributed by atoms with Crippen molar-refractivity contribution in [2.24, 2.45) is 9.98 Å². The maximum absolute atomic E-state index is 6.70. The first kappa shape index (κ1) is 22.6. The molecule has 33 heavy (non-hydrogen) atoms. The van der Waals surface area contributed by atoms with E-state index in [0.717, 1.165) is 35.0 Å². The molecule has 1 aliphatic heterocycles. The first-order valence-corrected chi connectivity index (χ1v) is 13.5. The standard InChI is InChI=1S/C26H28N2O4Si/c1-5-16-33(4)31-25-19(10-8-14-23(25)29-2)17-27-21-12-6-7-13-22(21)28-18-20-11-9-15-24(30-3)26(20)32-33/h6-15,17-18H,5,16H2,1-4H3. The van der Waals surface area contributed by atoms with E-state index in [1.807, 2.05) is 60.7 Å². The number of nitrogens with zero attached hydrogens (tertiary/aromatic N) is 2. The van der Waals surface area contributed by atoms with Gasteiger partial charge in [0, 0.05) is 36.1 Å². The zero-order valence-electron chi connectivity index (χ0n) is 19.4. The summed E-state index contributed by atoms with van der Waals surface area (Å²) in [5, 5.41) is 0. The van der Waals surface area contributed by atoms with E-state index in [-0.39, 0.29) is 0 Å². The highest BCUT2D eigenvalue weighted by molar-refractivity contribution is 6.67. The quantitative estimate of drug-likeness (QED) is 0.419. The smallest absolute Gasteiger partial charge is 0.457 e. The van der Waals surface area contributed by atoms with Gasteiger partial charge >= 0.3 is 8.56 Å². The highest BCUT2D eigenvalue weighted by Crippen LogP contribution is 2.39. The van der Waals surface area contributed by atoms with E-state index >= 15 is 0 Å². The lowest BCUT2D eigenvalue weighted by Gasteiger charge is -2.30. The molecule has 3 aromatic rings. The van der Waals surface area contributed by atoms with Crippen LogP contribution in [-0.4, -0.2) is 35.2 Å². The van der Waals surface area contributed by atoms with Gasteiger partial charge in [0.15, 0.2) is 23.0 Å². The molecule has 170 valence electrons. The molecule has 0 saturated carbocycles. The largest absolute Gasteiger partial charge is 0.508 e. The van der Waals surface area contributed by atoms with Crippen molar-refractivity contribution in [1.82, 2.24) is 0 Å². The molecule has 4 rings (SSSR count). The molecule has 0 aliphatic carbocycles. The van der Waals surface area contributed by atoms with Crippen molar-refractivity contribution in [3.8, 4) is 23.0 Å². The molecule has 0 bridgehead atoms. The fourth-order valence-electron chi connectivity index (χ4n) is 3.78.